The molecule has 2 aromatic rings. The Bertz CT molecular complexity index is 1100. The van der Waals surface area contributed by atoms with Gasteiger partial charge < -0.3 is 41.5 Å². The summed E-state index contributed by atoms with van der Waals surface area (Å²) in [6.45, 7) is 1.06. The molecule has 2 heterocycles. The molecule has 7 N–H and O–H groups in total. The Morgan fingerprint density at radius 2 is 1.97 bits per heavy atom. The molecule has 1 amide bonds. The first-order valence-electron chi connectivity index (χ1n) is 10.2. The number of hydrogen-bond acceptors (Lipinski definition) is 10. The van der Waals surface area contributed by atoms with Crippen LogP contribution in [0, 0.1) is 0 Å². The Kier molecular flexibility index (Phi) is 7.13. The number of carboxylic acid groups (broad SMARTS) is 2. The van der Waals surface area contributed by atoms with Crippen LogP contribution in [0.1, 0.15) is 23.2 Å². The lowest BCUT2D eigenvalue weighted by atomic mass is 10.1. The lowest BCUT2D eigenvalue weighted by Gasteiger charge is -2.30. The zero-order chi connectivity index (χ0) is 24.1. The summed E-state index contributed by atoms with van der Waals surface area (Å²) >= 11 is 0. The van der Waals surface area contributed by atoms with E-state index in [0.29, 0.717) is 30.3 Å². The number of nitrogens with zero attached hydrogens (tertiary/aromatic N) is 1. The maximum atomic E-state index is 12.3. The number of anilines is 3. The number of aliphatic carboxylic acids is 2. The summed E-state index contributed by atoms with van der Waals surface area (Å²) in [5.41, 5.74) is 6.66. The van der Waals surface area contributed by atoms with E-state index in [1.807, 2.05) is 7.05 Å². The van der Waals surface area contributed by atoms with Crippen LogP contribution in [0.3, 0.4) is 0 Å². The van der Waals surface area contributed by atoms with Gasteiger partial charge in [0.05, 0.1) is 32.1 Å². The number of hydrogen-bond donors (Lipinski definition) is 6. The third-order valence-electron chi connectivity index (χ3n) is 5.39. The predicted molar refractivity (Wildman–Crippen MR) is 114 cm³/mol. The van der Waals surface area contributed by atoms with Crippen molar-refractivity contribution in [2.75, 3.05) is 36.5 Å². The first-order valence-corrected chi connectivity index (χ1v) is 10.2. The molecule has 1 aliphatic rings. The van der Waals surface area contributed by atoms with E-state index in [1.54, 1.807) is 12.1 Å². The molecular weight excluding hydrogens is 434 g/mol. The maximum absolute atomic E-state index is 12.3. The number of carbonyl (C=O) groups is 3. The Balaban J connectivity index is 1.58. The lowest BCUT2D eigenvalue weighted by Crippen LogP contribution is -3.12. The van der Waals surface area contributed by atoms with Gasteiger partial charge in [0.1, 0.15) is 6.04 Å². The first kappa shape index (κ1) is 23.5. The number of carboxylic acids is 2. The molecule has 1 aromatic heterocycles. The van der Waals surface area contributed by atoms with Crippen molar-refractivity contribution >= 4 is 41.0 Å². The molecule has 13 nitrogen and oxygen atoms in total. The van der Waals surface area contributed by atoms with Gasteiger partial charge in [-0.25, -0.2) is 0 Å². The summed E-state index contributed by atoms with van der Waals surface area (Å²) < 4.78 is 0. The number of carbonyl (C=O) groups excluding carboxylic acids is 3. The highest BCUT2D eigenvalue weighted by Crippen LogP contribution is 2.15. The second kappa shape index (κ2) is 9.99. The Hall–Kier alpha value is -4.13. The molecule has 0 fully saturated rings. The first-order chi connectivity index (χ1) is 15.7. The molecule has 176 valence electrons. The lowest BCUT2D eigenvalue weighted by molar-refractivity contribution is -0.836. The number of nitrogens with two attached hydrogens (primary N) is 1. The van der Waals surface area contributed by atoms with E-state index in [9.17, 15) is 29.4 Å². The quantitative estimate of drug-likeness (QED) is 0.213. The van der Waals surface area contributed by atoms with Crippen molar-refractivity contribution in [3.8, 4) is 0 Å². The van der Waals surface area contributed by atoms with Crippen LogP contribution in [0.2, 0.25) is 0 Å². The fraction of sp³-hybridized carbons (Fsp3) is 0.350. The van der Waals surface area contributed by atoms with Crippen LogP contribution in [-0.4, -0.2) is 60.0 Å². The van der Waals surface area contributed by atoms with E-state index >= 15 is 0 Å². The van der Waals surface area contributed by atoms with Crippen LogP contribution in [0.15, 0.2) is 29.1 Å². The largest absolute Gasteiger partial charge is 0.550 e. The van der Waals surface area contributed by atoms with Crippen molar-refractivity contribution in [1.82, 2.24) is 15.3 Å². The summed E-state index contributed by atoms with van der Waals surface area (Å²) in [5.74, 6) is -3.16. The molecule has 0 bridgehead atoms. The average Bonchev–Trinajstić information content (AvgIpc) is 2.75. The third-order valence-corrected chi connectivity index (χ3v) is 5.39. The minimum absolute atomic E-state index is 0.000417. The smallest absolute Gasteiger partial charge is 0.315 e. The Morgan fingerprint density at radius 3 is 2.61 bits per heavy atom. The van der Waals surface area contributed by atoms with Gasteiger partial charge in [-0.15, -0.1) is 0 Å². The molecule has 0 radical (unpaired) electrons. The highest BCUT2D eigenvalue weighted by Gasteiger charge is 2.32. The highest BCUT2D eigenvalue weighted by molar-refractivity contribution is 5.96. The summed E-state index contributed by atoms with van der Waals surface area (Å²) in [5, 5.41) is 30.2. The number of amides is 1. The van der Waals surface area contributed by atoms with Gasteiger partial charge in [-0.2, -0.15) is 4.98 Å². The van der Waals surface area contributed by atoms with Crippen LogP contribution in [0.5, 0.6) is 0 Å². The SMILES string of the molecule is C[NH+]1c2c(nc(N)[nH]c2=O)NC[C@@H]1CNc1ccc(C(=O)N[C@@H](CCC(=O)[O-])C(=O)[O-])cc1. The van der Waals surface area contributed by atoms with Crippen molar-refractivity contribution in [2.24, 2.45) is 0 Å². The second-order valence-corrected chi connectivity index (χ2v) is 7.65. The van der Waals surface area contributed by atoms with Gasteiger partial charge in [0.15, 0.2) is 5.82 Å². The van der Waals surface area contributed by atoms with Crippen molar-refractivity contribution in [3.05, 3.63) is 40.2 Å². The molecular formula is C20H24N7O6-. The number of fused-ring (bicyclic) bond motifs is 1. The molecule has 0 saturated carbocycles. The number of rotatable bonds is 9. The highest BCUT2D eigenvalue weighted by atomic mass is 16.4. The number of benzene rings is 1. The van der Waals surface area contributed by atoms with E-state index in [1.165, 1.54) is 12.1 Å². The van der Waals surface area contributed by atoms with Crippen LogP contribution in [-0.2, 0) is 9.59 Å². The van der Waals surface area contributed by atoms with Gasteiger partial charge >= 0.3 is 5.56 Å². The molecule has 1 aromatic carbocycles. The normalized spacial score (nSPS) is 17.8. The number of aromatic nitrogens is 2. The van der Waals surface area contributed by atoms with Crippen LogP contribution < -0.4 is 42.4 Å². The van der Waals surface area contributed by atoms with Gasteiger partial charge in [-0.3, -0.25) is 19.5 Å². The molecule has 0 spiro atoms. The van der Waals surface area contributed by atoms with Gasteiger partial charge in [0.2, 0.25) is 11.6 Å². The summed E-state index contributed by atoms with van der Waals surface area (Å²) in [7, 11) is 1.86. The minimum Gasteiger partial charge on any atom is -0.550 e. The molecule has 3 atom stereocenters. The summed E-state index contributed by atoms with van der Waals surface area (Å²) in [6, 6.07) is 4.87. The van der Waals surface area contributed by atoms with Gasteiger partial charge in [-0.05, 0) is 37.1 Å². The Morgan fingerprint density at radius 1 is 1.27 bits per heavy atom. The number of quaternary nitrogens is 1. The molecule has 13 heteroatoms. The van der Waals surface area contributed by atoms with Crippen molar-refractivity contribution in [3.63, 3.8) is 0 Å². The van der Waals surface area contributed by atoms with Crippen LogP contribution >= 0.6 is 0 Å². The molecule has 0 saturated heterocycles. The third kappa shape index (κ3) is 5.77. The summed E-state index contributed by atoms with van der Waals surface area (Å²) in [6.07, 6.45) is -0.858. The number of aromatic amines is 1. The van der Waals surface area contributed by atoms with Crippen LogP contribution in [0.25, 0.3) is 0 Å². The molecule has 0 aliphatic carbocycles. The summed E-state index contributed by atoms with van der Waals surface area (Å²) in [4.78, 5) is 53.7. The van der Waals surface area contributed by atoms with E-state index in [-0.39, 0.29) is 29.5 Å². The number of H-pyrrole nitrogens is 1. The van der Waals surface area contributed by atoms with E-state index in [4.69, 9.17) is 5.73 Å². The number of nitrogen functional groups attached to an aromatic ring is 1. The Labute approximate surface area is 188 Å². The molecule has 1 aliphatic heterocycles. The zero-order valence-electron chi connectivity index (χ0n) is 17.8. The van der Waals surface area contributed by atoms with Crippen molar-refractivity contribution < 1.29 is 29.5 Å². The average molecular weight is 458 g/mol. The van der Waals surface area contributed by atoms with Gasteiger partial charge in [0.25, 0.3) is 5.91 Å². The fourth-order valence-electron chi connectivity index (χ4n) is 3.52. The van der Waals surface area contributed by atoms with Crippen molar-refractivity contribution in [1.29, 1.82) is 0 Å². The fourth-order valence-corrected chi connectivity index (χ4v) is 3.52. The second-order valence-electron chi connectivity index (χ2n) is 7.65. The number of nitrogens with one attached hydrogen (secondary N) is 5. The van der Waals surface area contributed by atoms with Gasteiger partial charge in [0, 0.05) is 17.2 Å². The minimum atomic E-state index is -1.58. The molecule has 3 rings (SSSR count). The van der Waals surface area contributed by atoms with Crippen molar-refractivity contribution in [2.45, 2.75) is 24.9 Å². The molecule has 33 heavy (non-hydrogen) atoms. The van der Waals surface area contributed by atoms with E-state index < -0.39 is 30.3 Å². The topological polar surface area (TPSA) is 210 Å². The van der Waals surface area contributed by atoms with E-state index in [2.05, 4.69) is 25.9 Å². The zero-order valence-corrected chi connectivity index (χ0v) is 17.8. The standard InChI is InChI=1S/C20H25N7O6/c1-27-12(9-23-16-15(27)18(31)26-20(21)25-16)8-22-11-4-2-10(3-5-11)17(30)24-13(19(32)33)6-7-14(28)29/h2-5,12-13,22H,6-9H2,1H3,(H,24,30)(H,28,29)(H,32,33)(H4,21,23,25,26,31)/p-1/t12-,13-/m0/s1. The monoisotopic (exact) mass is 458 g/mol. The van der Waals surface area contributed by atoms with E-state index in [0.717, 1.165) is 4.90 Å². The maximum Gasteiger partial charge on any atom is 0.315 e. The van der Waals surface area contributed by atoms with Crippen LogP contribution in [0.4, 0.5) is 23.1 Å². The molecule has 1 unspecified atom stereocenters. The van der Waals surface area contributed by atoms with Gasteiger partial charge in [-0.1, -0.05) is 0 Å². The number of likely N-dealkylation sites (N-methyl/N-ethyl adjacent to an activating group) is 1. The predicted octanol–water partition coefficient (Wildman–Crippen LogP) is -4.22.